The van der Waals surface area contributed by atoms with Gasteiger partial charge in [-0.3, -0.25) is 4.90 Å². The summed E-state index contributed by atoms with van der Waals surface area (Å²) in [6, 6.07) is 1.82. The second-order valence-electron chi connectivity index (χ2n) is 4.90. The molecule has 0 aliphatic carbocycles. The summed E-state index contributed by atoms with van der Waals surface area (Å²) in [5, 5.41) is 0. The average molecular weight is 181 g/mol. The third kappa shape index (κ3) is 1.76. The molecule has 2 fully saturated rings. The van der Waals surface area contributed by atoms with Crippen molar-refractivity contribution in [2.75, 3.05) is 6.54 Å². The van der Waals surface area contributed by atoms with Gasteiger partial charge in [0.05, 0.1) is 0 Å². The fourth-order valence-electron chi connectivity index (χ4n) is 3.32. The van der Waals surface area contributed by atoms with Crippen LogP contribution in [0.4, 0.5) is 0 Å². The standard InChI is InChI=1S/C12H23N/c1-3-11-8-7-10(2)13-9-5-4-6-12(11)13/h10-12H,3-9H2,1-2H3/t10-,11+,12-/m1/s1. The van der Waals surface area contributed by atoms with Gasteiger partial charge in [-0.15, -0.1) is 0 Å². The van der Waals surface area contributed by atoms with Crippen molar-refractivity contribution in [3.8, 4) is 0 Å². The van der Waals surface area contributed by atoms with Crippen molar-refractivity contribution in [1.29, 1.82) is 0 Å². The van der Waals surface area contributed by atoms with Crippen LogP contribution in [0.3, 0.4) is 0 Å². The lowest BCUT2D eigenvalue weighted by Gasteiger charge is -2.48. The Morgan fingerprint density at radius 3 is 2.77 bits per heavy atom. The molecule has 0 aromatic heterocycles. The van der Waals surface area contributed by atoms with Crippen molar-refractivity contribution in [2.24, 2.45) is 5.92 Å². The summed E-state index contributed by atoms with van der Waals surface area (Å²) in [5.41, 5.74) is 0. The van der Waals surface area contributed by atoms with Gasteiger partial charge in [-0.05, 0) is 45.1 Å². The van der Waals surface area contributed by atoms with Gasteiger partial charge in [0.1, 0.15) is 0 Å². The Labute approximate surface area is 82.5 Å². The molecule has 2 heterocycles. The van der Waals surface area contributed by atoms with E-state index in [2.05, 4.69) is 18.7 Å². The van der Waals surface area contributed by atoms with E-state index in [1.54, 1.807) is 0 Å². The van der Waals surface area contributed by atoms with E-state index in [-0.39, 0.29) is 0 Å². The lowest BCUT2D eigenvalue weighted by atomic mass is 9.80. The van der Waals surface area contributed by atoms with E-state index in [9.17, 15) is 0 Å². The lowest BCUT2D eigenvalue weighted by Crippen LogP contribution is -2.52. The van der Waals surface area contributed by atoms with E-state index < -0.39 is 0 Å². The Morgan fingerprint density at radius 2 is 2.00 bits per heavy atom. The van der Waals surface area contributed by atoms with Crippen LogP contribution >= 0.6 is 0 Å². The van der Waals surface area contributed by atoms with Gasteiger partial charge in [0.25, 0.3) is 0 Å². The summed E-state index contributed by atoms with van der Waals surface area (Å²) < 4.78 is 0. The highest BCUT2D eigenvalue weighted by molar-refractivity contribution is 4.90. The minimum absolute atomic E-state index is 0.869. The SMILES string of the molecule is CC[C@H]1CC[C@@H](C)N2CCCC[C@H]12. The average Bonchev–Trinajstić information content (AvgIpc) is 2.19. The molecule has 2 aliphatic rings. The van der Waals surface area contributed by atoms with Crippen LogP contribution in [-0.2, 0) is 0 Å². The van der Waals surface area contributed by atoms with E-state index in [4.69, 9.17) is 0 Å². The third-order valence-electron chi connectivity index (χ3n) is 4.18. The van der Waals surface area contributed by atoms with E-state index in [1.165, 1.54) is 45.1 Å². The number of piperidine rings is 2. The number of hydrogen-bond donors (Lipinski definition) is 0. The summed E-state index contributed by atoms with van der Waals surface area (Å²) >= 11 is 0. The summed E-state index contributed by atoms with van der Waals surface area (Å²) in [6.45, 7) is 6.17. The first-order chi connectivity index (χ1) is 6.33. The van der Waals surface area contributed by atoms with Gasteiger partial charge < -0.3 is 0 Å². The van der Waals surface area contributed by atoms with Gasteiger partial charge in [0.2, 0.25) is 0 Å². The van der Waals surface area contributed by atoms with Crippen LogP contribution in [0.5, 0.6) is 0 Å². The molecule has 0 amide bonds. The Hall–Kier alpha value is -0.0400. The fourth-order valence-corrected chi connectivity index (χ4v) is 3.32. The first-order valence-corrected chi connectivity index (χ1v) is 6.08. The molecule has 0 spiro atoms. The smallest absolute Gasteiger partial charge is 0.0126 e. The predicted octanol–water partition coefficient (Wildman–Crippen LogP) is 3.05. The van der Waals surface area contributed by atoms with Crippen molar-refractivity contribution in [3.05, 3.63) is 0 Å². The van der Waals surface area contributed by atoms with Crippen LogP contribution in [0.1, 0.15) is 52.4 Å². The fraction of sp³-hybridized carbons (Fsp3) is 1.00. The molecule has 0 N–H and O–H groups in total. The van der Waals surface area contributed by atoms with Crippen molar-refractivity contribution in [1.82, 2.24) is 4.90 Å². The summed E-state index contributed by atoms with van der Waals surface area (Å²) in [5.74, 6) is 1.01. The third-order valence-corrected chi connectivity index (χ3v) is 4.18. The Bertz CT molecular complexity index is 167. The largest absolute Gasteiger partial charge is 0.297 e. The highest BCUT2D eigenvalue weighted by Gasteiger charge is 2.35. The van der Waals surface area contributed by atoms with Crippen molar-refractivity contribution >= 4 is 0 Å². The van der Waals surface area contributed by atoms with E-state index in [0.717, 1.165) is 18.0 Å². The molecule has 0 radical (unpaired) electrons. The maximum absolute atomic E-state index is 2.79. The molecular weight excluding hydrogens is 158 g/mol. The van der Waals surface area contributed by atoms with Crippen molar-refractivity contribution in [3.63, 3.8) is 0 Å². The quantitative estimate of drug-likeness (QED) is 0.601. The van der Waals surface area contributed by atoms with Crippen LogP contribution in [-0.4, -0.2) is 23.5 Å². The van der Waals surface area contributed by atoms with Crippen LogP contribution in [0.25, 0.3) is 0 Å². The number of rotatable bonds is 1. The Kier molecular flexibility index (Phi) is 2.92. The molecule has 0 aromatic carbocycles. The molecule has 2 aliphatic heterocycles. The van der Waals surface area contributed by atoms with Crippen LogP contribution in [0.2, 0.25) is 0 Å². The van der Waals surface area contributed by atoms with Crippen molar-refractivity contribution in [2.45, 2.75) is 64.5 Å². The molecule has 1 heteroatoms. The number of fused-ring (bicyclic) bond motifs is 1. The number of hydrogen-bond acceptors (Lipinski definition) is 1. The lowest BCUT2D eigenvalue weighted by molar-refractivity contribution is 0.0180. The second kappa shape index (κ2) is 4.00. The molecule has 0 bridgehead atoms. The normalized spacial score (nSPS) is 41.5. The summed E-state index contributed by atoms with van der Waals surface area (Å²) in [6.07, 6.45) is 8.71. The zero-order valence-electron chi connectivity index (χ0n) is 9.13. The molecule has 3 atom stereocenters. The second-order valence-corrected chi connectivity index (χ2v) is 4.90. The molecule has 76 valence electrons. The van der Waals surface area contributed by atoms with Crippen LogP contribution in [0, 0.1) is 5.92 Å². The Morgan fingerprint density at radius 1 is 1.15 bits per heavy atom. The van der Waals surface area contributed by atoms with Crippen LogP contribution in [0.15, 0.2) is 0 Å². The van der Waals surface area contributed by atoms with Gasteiger partial charge in [-0.25, -0.2) is 0 Å². The highest BCUT2D eigenvalue weighted by atomic mass is 15.2. The minimum atomic E-state index is 0.869. The molecule has 1 nitrogen and oxygen atoms in total. The zero-order chi connectivity index (χ0) is 9.26. The van der Waals surface area contributed by atoms with Gasteiger partial charge in [-0.2, -0.15) is 0 Å². The van der Waals surface area contributed by atoms with Gasteiger partial charge in [-0.1, -0.05) is 19.8 Å². The summed E-state index contributed by atoms with van der Waals surface area (Å²) in [4.78, 5) is 2.79. The zero-order valence-corrected chi connectivity index (χ0v) is 9.13. The number of nitrogens with zero attached hydrogens (tertiary/aromatic N) is 1. The van der Waals surface area contributed by atoms with Crippen LogP contribution < -0.4 is 0 Å². The van der Waals surface area contributed by atoms with Gasteiger partial charge >= 0.3 is 0 Å². The topological polar surface area (TPSA) is 3.24 Å². The molecule has 2 rings (SSSR count). The molecule has 0 saturated carbocycles. The minimum Gasteiger partial charge on any atom is -0.297 e. The maximum atomic E-state index is 2.79. The van der Waals surface area contributed by atoms with Gasteiger partial charge in [0.15, 0.2) is 0 Å². The maximum Gasteiger partial charge on any atom is 0.0126 e. The molecule has 2 saturated heterocycles. The molecule has 0 aromatic rings. The monoisotopic (exact) mass is 181 g/mol. The first kappa shape index (κ1) is 9.51. The Balaban J connectivity index is 2.05. The molecule has 13 heavy (non-hydrogen) atoms. The highest BCUT2D eigenvalue weighted by Crippen LogP contribution is 2.35. The molecular formula is C12H23N. The predicted molar refractivity (Wildman–Crippen MR) is 56.8 cm³/mol. The van der Waals surface area contributed by atoms with Crippen molar-refractivity contribution < 1.29 is 0 Å². The van der Waals surface area contributed by atoms with E-state index in [1.807, 2.05) is 0 Å². The van der Waals surface area contributed by atoms with E-state index in [0.29, 0.717) is 0 Å². The molecule has 0 unspecified atom stereocenters. The first-order valence-electron chi connectivity index (χ1n) is 6.08. The van der Waals surface area contributed by atoms with E-state index >= 15 is 0 Å². The van der Waals surface area contributed by atoms with Gasteiger partial charge in [0, 0.05) is 12.1 Å². The summed E-state index contributed by atoms with van der Waals surface area (Å²) in [7, 11) is 0.